The van der Waals surface area contributed by atoms with Crippen LogP contribution in [0.2, 0.25) is 0 Å². The second-order valence-electron chi connectivity index (χ2n) is 4.90. The molecule has 18 heavy (non-hydrogen) atoms. The monoisotopic (exact) mass is 254 g/mol. The standard InChI is InChI=1S/C14H18F2NO/c1-2-6-17-13(14(18)4-3-5-14)10-7-11(15)9-12(16)8-10/h7-9,13,17-18H,1-6H2/t13-/m0/s1. The molecule has 4 heteroatoms. The molecule has 1 fully saturated rings. The van der Waals surface area contributed by atoms with Crippen molar-refractivity contribution in [1.82, 2.24) is 5.32 Å². The number of benzene rings is 1. The van der Waals surface area contributed by atoms with Gasteiger partial charge in [-0.2, -0.15) is 0 Å². The van der Waals surface area contributed by atoms with Gasteiger partial charge < -0.3 is 10.4 Å². The van der Waals surface area contributed by atoms with Crippen LogP contribution in [0.15, 0.2) is 18.2 Å². The molecule has 1 saturated carbocycles. The molecule has 2 N–H and O–H groups in total. The second kappa shape index (κ2) is 5.33. The van der Waals surface area contributed by atoms with Crippen LogP contribution in [0.1, 0.15) is 37.3 Å². The van der Waals surface area contributed by atoms with E-state index in [0.29, 0.717) is 31.4 Å². The molecule has 1 aromatic rings. The Bertz CT molecular complexity index is 398. The molecule has 0 heterocycles. The minimum atomic E-state index is -0.893. The molecule has 0 unspecified atom stereocenters. The molecule has 1 atom stereocenters. The summed E-state index contributed by atoms with van der Waals surface area (Å²) >= 11 is 0. The van der Waals surface area contributed by atoms with Gasteiger partial charge in [-0.15, -0.1) is 0 Å². The molecule has 0 amide bonds. The first-order valence-corrected chi connectivity index (χ1v) is 6.26. The van der Waals surface area contributed by atoms with Crippen molar-refractivity contribution in [3.63, 3.8) is 0 Å². The van der Waals surface area contributed by atoms with Crippen LogP contribution < -0.4 is 5.32 Å². The van der Waals surface area contributed by atoms with Gasteiger partial charge in [-0.3, -0.25) is 0 Å². The molecule has 1 aliphatic rings. The molecule has 1 radical (unpaired) electrons. The van der Waals surface area contributed by atoms with Crippen LogP contribution in [-0.2, 0) is 0 Å². The molecule has 2 nitrogen and oxygen atoms in total. The van der Waals surface area contributed by atoms with Crippen LogP contribution in [0.3, 0.4) is 0 Å². The SMILES string of the molecule is [CH2]CCN[C@@H](c1cc(F)cc(F)c1)C1(O)CCC1. The van der Waals surface area contributed by atoms with Crippen molar-refractivity contribution in [2.75, 3.05) is 6.54 Å². The number of halogens is 2. The van der Waals surface area contributed by atoms with Crippen LogP contribution in [0.5, 0.6) is 0 Å². The normalized spacial score (nSPS) is 19.3. The summed E-state index contributed by atoms with van der Waals surface area (Å²) in [6, 6.07) is 2.96. The maximum Gasteiger partial charge on any atom is 0.126 e. The summed E-state index contributed by atoms with van der Waals surface area (Å²) in [6.45, 7) is 4.32. The molecule has 0 saturated heterocycles. The molecule has 1 aromatic carbocycles. The van der Waals surface area contributed by atoms with Gasteiger partial charge in [-0.25, -0.2) is 8.78 Å². The average molecular weight is 254 g/mol. The van der Waals surface area contributed by atoms with Crippen LogP contribution in [0.4, 0.5) is 8.78 Å². The highest BCUT2D eigenvalue weighted by atomic mass is 19.1. The summed E-state index contributed by atoms with van der Waals surface area (Å²) in [6.07, 6.45) is 2.90. The largest absolute Gasteiger partial charge is 0.388 e. The lowest BCUT2D eigenvalue weighted by Crippen LogP contribution is -2.49. The molecule has 0 spiro atoms. The molecule has 99 valence electrons. The first-order valence-electron chi connectivity index (χ1n) is 6.26. The summed E-state index contributed by atoms with van der Waals surface area (Å²) in [5, 5.41) is 13.5. The Kier molecular flexibility index (Phi) is 3.97. The lowest BCUT2D eigenvalue weighted by atomic mass is 9.72. The average Bonchev–Trinajstić information content (AvgIpc) is 2.26. The Hall–Kier alpha value is -1.00. The van der Waals surface area contributed by atoms with E-state index in [2.05, 4.69) is 12.2 Å². The lowest BCUT2D eigenvalue weighted by molar-refractivity contribution is -0.0662. The first-order chi connectivity index (χ1) is 8.55. The minimum Gasteiger partial charge on any atom is -0.388 e. The molecular weight excluding hydrogens is 236 g/mol. The maximum atomic E-state index is 13.3. The van der Waals surface area contributed by atoms with Gasteiger partial charge in [0.25, 0.3) is 0 Å². The van der Waals surface area contributed by atoms with Crippen molar-refractivity contribution in [3.8, 4) is 0 Å². The van der Waals surface area contributed by atoms with Gasteiger partial charge in [0.05, 0.1) is 11.6 Å². The molecule has 2 rings (SSSR count). The van der Waals surface area contributed by atoms with E-state index >= 15 is 0 Å². The summed E-state index contributed by atoms with van der Waals surface area (Å²) in [5.41, 5.74) is -0.432. The van der Waals surface area contributed by atoms with Gasteiger partial charge in [0, 0.05) is 6.07 Å². The number of aliphatic hydroxyl groups is 1. The zero-order chi connectivity index (χ0) is 13.2. The van der Waals surface area contributed by atoms with E-state index in [-0.39, 0.29) is 0 Å². The third-order valence-corrected chi connectivity index (χ3v) is 3.50. The highest BCUT2D eigenvalue weighted by molar-refractivity contribution is 5.25. The number of nitrogens with one attached hydrogen (secondary N) is 1. The van der Waals surface area contributed by atoms with Crippen LogP contribution in [-0.4, -0.2) is 17.3 Å². The van der Waals surface area contributed by atoms with Crippen molar-refractivity contribution < 1.29 is 13.9 Å². The van der Waals surface area contributed by atoms with Crippen LogP contribution >= 0.6 is 0 Å². The third-order valence-electron chi connectivity index (χ3n) is 3.50. The van der Waals surface area contributed by atoms with Gasteiger partial charge in [0.1, 0.15) is 11.6 Å². The van der Waals surface area contributed by atoms with Crippen molar-refractivity contribution in [2.45, 2.75) is 37.3 Å². The van der Waals surface area contributed by atoms with Crippen molar-refractivity contribution in [2.24, 2.45) is 0 Å². The molecule has 0 aliphatic heterocycles. The van der Waals surface area contributed by atoms with Gasteiger partial charge >= 0.3 is 0 Å². The summed E-state index contributed by atoms with van der Waals surface area (Å²) < 4.78 is 26.5. The van der Waals surface area contributed by atoms with Crippen LogP contribution in [0, 0.1) is 18.6 Å². The number of hydrogen-bond donors (Lipinski definition) is 2. The highest BCUT2D eigenvalue weighted by Gasteiger charge is 2.42. The van der Waals surface area contributed by atoms with E-state index in [9.17, 15) is 13.9 Å². The highest BCUT2D eigenvalue weighted by Crippen LogP contribution is 2.42. The molecular formula is C14H18F2NO. The van der Waals surface area contributed by atoms with Crippen molar-refractivity contribution in [3.05, 3.63) is 42.3 Å². The summed E-state index contributed by atoms with van der Waals surface area (Å²) in [4.78, 5) is 0. The zero-order valence-corrected chi connectivity index (χ0v) is 10.3. The quantitative estimate of drug-likeness (QED) is 0.846. The minimum absolute atomic E-state index is 0.432. The maximum absolute atomic E-state index is 13.3. The van der Waals surface area contributed by atoms with Crippen LogP contribution in [0.25, 0.3) is 0 Å². The van der Waals surface area contributed by atoms with E-state index < -0.39 is 23.3 Å². The predicted molar refractivity (Wildman–Crippen MR) is 65.9 cm³/mol. The Morgan fingerprint density at radius 1 is 1.28 bits per heavy atom. The van der Waals surface area contributed by atoms with Gasteiger partial charge in [-0.05, 0) is 49.9 Å². The Balaban J connectivity index is 2.27. The van der Waals surface area contributed by atoms with Gasteiger partial charge in [-0.1, -0.05) is 6.92 Å². The molecule has 0 aromatic heterocycles. The zero-order valence-electron chi connectivity index (χ0n) is 10.3. The predicted octanol–water partition coefficient (Wildman–Crippen LogP) is 2.73. The van der Waals surface area contributed by atoms with Crippen molar-refractivity contribution >= 4 is 0 Å². The second-order valence-corrected chi connectivity index (χ2v) is 4.90. The van der Waals surface area contributed by atoms with Gasteiger partial charge in [0.15, 0.2) is 0 Å². The van der Waals surface area contributed by atoms with E-state index in [0.717, 1.165) is 12.5 Å². The molecule has 0 bridgehead atoms. The Morgan fingerprint density at radius 3 is 2.33 bits per heavy atom. The summed E-state index contributed by atoms with van der Waals surface area (Å²) in [7, 11) is 0. The van der Waals surface area contributed by atoms with E-state index in [1.54, 1.807) is 0 Å². The first kappa shape index (κ1) is 13.4. The molecule has 1 aliphatic carbocycles. The summed E-state index contributed by atoms with van der Waals surface area (Å²) in [5.74, 6) is -1.23. The fraction of sp³-hybridized carbons (Fsp3) is 0.500. The smallest absolute Gasteiger partial charge is 0.126 e. The Morgan fingerprint density at radius 2 is 1.89 bits per heavy atom. The fourth-order valence-electron chi connectivity index (χ4n) is 2.43. The van der Waals surface area contributed by atoms with E-state index in [4.69, 9.17) is 0 Å². The van der Waals surface area contributed by atoms with Crippen molar-refractivity contribution in [1.29, 1.82) is 0 Å². The fourth-order valence-corrected chi connectivity index (χ4v) is 2.43. The Labute approximate surface area is 106 Å². The topological polar surface area (TPSA) is 32.3 Å². The third kappa shape index (κ3) is 2.70. The van der Waals surface area contributed by atoms with Gasteiger partial charge in [0.2, 0.25) is 0 Å². The number of rotatable bonds is 5. The lowest BCUT2D eigenvalue weighted by Gasteiger charge is -2.44. The number of hydrogen-bond acceptors (Lipinski definition) is 2. The van der Waals surface area contributed by atoms with E-state index in [1.807, 2.05) is 0 Å². The van der Waals surface area contributed by atoms with E-state index in [1.165, 1.54) is 12.1 Å².